The monoisotopic (exact) mass is 213 g/mol. The molecule has 0 spiro atoms. The van der Waals surface area contributed by atoms with Gasteiger partial charge in [-0.2, -0.15) is 0 Å². The Bertz CT molecular complexity index is 381. The van der Waals surface area contributed by atoms with Gasteiger partial charge in [-0.15, -0.1) is 11.3 Å². The molecule has 0 saturated carbocycles. The van der Waals surface area contributed by atoms with Crippen molar-refractivity contribution in [3.05, 3.63) is 22.4 Å². The summed E-state index contributed by atoms with van der Waals surface area (Å²) in [5.74, 6) is -0.000864. The third-order valence-corrected chi connectivity index (χ3v) is 3.06. The van der Waals surface area contributed by atoms with Crippen LogP contribution in [0.1, 0.15) is 21.5 Å². The molecule has 0 aliphatic carbocycles. The molecule has 2 nitrogen and oxygen atoms in total. The van der Waals surface area contributed by atoms with Crippen LogP contribution in [-0.4, -0.2) is 12.5 Å². The summed E-state index contributed by atoms with van der Waals surface area (Å²) in [6.45, 7) is 8.48. The minimum absolute atomic E-state index is 0.000864. The van der Waals surface area contributed by atoms with Gasteiger partial charge in [-0.25, -0.2) is 0 Å². The Morgan fingerprint density at radius 1 is 1.69 bits per heavy atom. The normalized spacial score (nSPS) is 9.69. The maximum absolute atomic E-state index is 11.0. The quantitative estimate of drug-likeness (QED) is 0.558. The zero-order valence-corrected chi connectivity index (χ0v) is 8.71. The number of halogens is 1. The van der Waals surface area contributed by atoms with Crippen LogP contribution in [0.5, 0.6) is 0 Å². The van der Waals surface area contributed by atoms with E-state index in [1.807, 2.05) is 0 Å². The fourth-order valence-electron chi connectivity index (χ4n) is 0.867. The zero-order chi connectivity index (χ0) is 10.0. The molecule has 68 valence electrons. The Kier molecular flexibility index (Phi) is 3.01. The number of Topliss-reactive ketones (excluding diaryl/α,β-unsaturated/α-hetero) is 1. The first kappa shape index (κ1) is 10.2. The van der Waals surface area contributed by atoms with Gasteiger partial charge in [0, 0.05) is 0 Å². The SMILES string of the molecule is C=Nc1cc(C(C)=O)sc1C(=C)Cl. The Morgan fingerprint density at radius 2 is 2.31 bits per heavy atom. The van der Waals surface area contributed by atoms with Crippen LogP contribution in [0, 0.1) is 0 Å². The lowest BCUT2D eigenvalue weighted by atomic mass is 10.3. The van der Waals surface area contributed by atoms with E-state index in [-0.39, 0.29) is 5.78 Å². The predicted octanol–water partition coefficient (Wildman–Crippen LogP) is 3.49. The summed E-state index contributed by atoms with van der Waals surface area (Å²) in [4.78, 5) is 16.1. The first-order chi connectivity index (χ1) is 6.06. The van der Waals surface area contributed by atoms with Crippen molar-refractivity contribution in [3.8, 4) is 0 Å². The number of aliphatic imine (C=N–C) groups is 1. The van der Waals surface area contributed by atoms with Crippen LogP contribution < -0.4 is 0 Å². The van der Waals surface area contributed by atoms with E-state index in [4.69, 9.17) is 11.6 Å². The Hall–Kier alpha value is -0.930. The summed E-state index contributed by atoms with van der Waals surface area (Å²) < 4.78 is 0. The number of rotatable bonds is 3. The van der Waals surface area contributed by atoms with Crippen molar-refractivity contribution in [2.24, 2.45) is 4.99 Å². The van der Waals surface area contributed by atoms with Gasteiger partial charge in [0.2, 0.25) is 0 Å². The minimum atomic E-state index is -0.000864. The maximum atomic E-state index is 11.0. The van der Waals surface area contributed by atoms with E-state index in [1.165, 1.54) is 18.3 Å². The molecule has 4 heteroatoms. The molecule has 1 aromatic rings. The number of hydrogen-bond acceptors (Lipinski definition) is 3. The zero-order valence-electron chi connectivity index (χ0n) is 7.13. The topological polar surface area (TPSA) is 29.4 Å². The van der Waals surface area contributed by atoms with Crippen LogP contribution in [0.2, 0.25) is 0 Å². The predicted molar refractivity (Wildman–Crippen MR) is 58.4 cm³/mol. The highest BCUT2D eigenvalue weighted by molar-refractivity contribution is 7.16. The average molecular weight is 214 g/mol. The number of hydrogen-bond donors (Lipinski definition) is 0. The first-order valence-corrected chi connectivity index (χ1v) is 4.72. The summed E-state index contributed by atoms with van der Waals surface area (Å²) in [5.41, 5.74) is 0.621. The van der Waals surface area contributed by atoms with E-state index < -0.39 is 0 Å². The number of nitrogens with zero attached hydrogens (tertiary/aromatic N) is 1. The van der Waals surface area contributed by atoms with Gasteiger partial charge in [0.15, 0.2) is 5.78 Å². The largest absolute Gasteiger partial charge is 0.294 e. The van der Waals surface area contributed by atoms with Crippen molar-refractivity contribution in [1.29, 1.82) is 0 Å². The molecule has 1 heterocycles. The van der Waals surface area contributed by atoms with Crippen LogP contribution in [0.3, 0.4) is 0 Å². The Balaban J connectivity index is 3.27. The molecule has 1 rings (SSSR count). The molecule has 0 atom stereocenters. The van der Waals surface area contributed by atoms with E-state index >= 15 is 0 Å². The van der Waals surface area contributed by atoms with Crippen molar-refractivity contribution < 1.29 is 4.79 Å². The van der Waals surface area contributed by atoms with Crippen LogP contribution in [0.25, 0.3) is 5.03 Å². The highest BCUT2D eigenvalue weighted by atomic mass is 35.5. The number of ketones is 1. The first-order valence-electron chi connectivity index (χ1n) is 3.52. The van der Waals surface area contributed by atoms with Gasteiger partial charge in [-0.3, -0.25) is 9.79 Å². The van der Waals surface area contributed by atoms with Crippen molar-refractivity contribution in [1.82, 2.24) is 0 Å². The van der Waals surface area contributed by atoms with Gasteiger partial charge in [0.1, 0.15) is 0 Å². The second kappa shape index (κ2) is 3.85. The molecular weight excluding hydrogens is 206 g/mol. The molecule has 0 saturated heterocycles. The highest BCUT2D eigenvalue weighted by Crippen LogP contribution is 2.36. The van der Waals surface area contributed by atoms with E-state index in [9.17, 15) is 4.79 Å². The Morgan fingerprint density at radius 3 is 2.62 bits per heavy atom. The molecule has 0 bridgehead atoms. The molecule has 0 amide bonds. The molecule has 0 fully saturated rings. The molecule has 13 heavy (non-hydrogen) atoms. The summed E-state index contributed by atoms with van der Waals surface area (Å²) in [6.07, 6.45) is 0. The lowest BCUT2D eigenvalue weighted by Gasteiger charge is -1.91. The second-order valence-corrected chi connectivity index (χ2v) is 3.95. The van der Waals surface area contributed by atoms with Crippen LogP contribution in [0.4, 0.5) is 5.69 Å². The van der Waals surface area contributed by atoms with Gasteiger partial charge >= 0.3 is 0 Å². The second-order valence-electron chi connectivity index (χ2n) is 2.44. The molecule has 0 N–H and O–H groups in total. The van der Waals surface area contributed by atoms with Gasteiger partial charge in [-0.1, -0.05) is 18.2 Å². The lowest BCUT2D eigenvalue weighted by molar-refractivity contribution is 0.102. The van der Waals surface area contributed by atoms with E-state index in [2.05, 4.69) is 18.3 Å². The lowest BCUT2D eigenvalue weighted by Crippen LogP contribution is -1.83. The maximum Gasteiger partial charge on any atom is 0.169 e. The standard InChI is InChI=1S/C9H8ClNOS/c1-5(10)9-7(11-3)4-8(13-9)6(2)12/h4H,1,3H2,2H3. The van der Waals surface area contributed by atoms with Crippen molar-refractivity contribution in [2.75, 3.05) is 0 Å². The molecule has 0 aliphatic rings. The van der Waals surface area contributed by atoms with Gasteiger partial charge in [0.05, 0.1) is 20.5 Å². The van der Waals surface area contributed by atoms with Crippen molar-refractivity contribution in [3.63, 3.8) is 0 Å². The summed E-state index contributed by atoms with van der Waals surface area (Å²) in [7, 11) is 0. The number of carbonyl (C=O) groups excluding carboxylic acids is 1. The fourth-order valence-corrected chi connectivity index (χ4v) is 1.95. The van der Waals surface area contributed by atoms with Gasteiger partial charge < -0.3 is 0 Å². The minimum Gasteiger partial charge on any atom is -0.294 e. The van der Waals surface area contributed by atoms with Crippen LogP contribution in [-0.2, 0) is 0 Å². The molecule has 0 aromatic carbocycles. The average Bonchev–Trinajstić information content (AvgIpc) is 2.47. The summed E-state index contributed by atoms with van der Waals surface area (Å²) >= 11 is 7.01. The fraction of sp³-hybridized carbons (Fsp3) is 0.111. The van der Waals surface area contributed by atoms with E-state index in [1.54, 1.807) is 6.07 Å². The van der Waals surface area contributed by atoms with E-state index in [0.29, 0.717) is 20.5 Å². The van der Waals surface area contributed by atoms with Gasteiger partial charge in [-0.05, 0) is 19.7 Å². The molecular formula is C9H8ClNOS. The third-order valence-electron chi connectivity index (χ3n) is 1.48. The summed E-state index contributed by atoms with van der Waals surface area (Å²) in [5, 5.41) is 0.389. The smallest absolute Gasteiger partial charge is 0.169 e. The Labute approximate surface area is 85.6 Å². The number of thiophene rings is 1. The van der Waals surface area contributed by atoms with E-state index in [0.717, 1.165) is 0 Å². The van der Waals surface area contributed by atoms with Crippen LogP contribution >= 0.6 is 22.9 Å². The van der Waals surface area contributed by atoms with Gasteiger partial charge in [0.25, 0.3) is 0 Å². The molecule has 1 aromatic heterocycles. The molecule has 0 radical (unpaired) electrons. The van der Waals surface area contributed by atoms with Crippen LogP contribution in [0.15, 0.2) is 17.6 Å². The molecule has 0 aliphatic heterocycles. The number of carbonyl (C=O) groups is 1. The third kappa shape index (κ3) is 2.05. The van der Waals surface area contributed by atoms with Crippen molar-refractivity contribution in [2.45, 2.75) is 6.92 Å². The highest BCUT2D eigenvalue weighted by Gasteiger charge is 2.11. The summed E-state index contributed by atoms with van der Waals surface area (Å²) in [6, 6.07) is 1.67. The molecule has 0 unspecified atom stereocenters. The van der Waals surface area contributed by atoms with Crippen molar-refractivity contribution >= 4 is 46.2 Å².